The number of hydrogen-bond acceptors (Lipinski definition) is 4. The van der Waals surface area contributed by atoms with Crippen molar-refractivity contribution in [1.82, 2.24) is 14.5 Å². The summed E-state index contributed by atoms with van der Waals surface area (Å²) in [7, 11) is 0. The fraction of sp³-hybridized carbons (Fsp3) is 0.118. The third-order valence-electron chi connectivity index (χ3n) is 3.41. The van der Waals surface area contributed by atoms with Gasteiger partial charge in [0.1, 0.15) is 17.9 Å². The van der Waals surface area contributed by atoms with Crippen LogP contribution in [0.25, 0.3) is 5.82 Å². The number of amides is 1. The molecule has 0 aliphatic heterocycles. The summed E-state index contributed by atoms with van der Waals surface area (Å²) in [6.07, 6.45) is 7.52. The zero-order chi connectivity index (χ0) is 16.1. The van der Waals surface area contributed by atoms with Crippen molar-refractivity contribution in [3.05, 3.63) is 66.9 Å². The van der Waals surface area contributed by atoms with Gasteiger partial charge in [-0.05, 0) is 30.2 Å². The fourth-order valence-electron chi connectivity index (χ4n) is 2.20. The van der Waals surface area contributed by atoms with Gasteiger partial charge >= 0.3 is 0 Å². The lowest BCUT2D eigenvalue weighted by Gasteiger charge is -2.07. The van der Waals surface area contributed by atoms with Crippen LogP contribution in [-0.2, 0) is 11.2 Å². The highest BCUT2D eigenvalue weighted by Gasteiger charge is 2.06. The molecular formula is C17H16N4O2. The van der Waals surface area contributed by atoms with Crippen molar-refractivity contribution < 1.29 is 9.90 Å². The molecule has 2 heterocycles. The molecule has 0 spiro atoms. The molecule has 23 heavy (non-hydrogen) atoms. The van der Waals surface area contributed by atoms with Crippen molar-refractivity contribution in [2.75, 3.05) is 5.32 Å². The normalized spacial score (nSPS) is 10.4. The largest absolute Gasteiger partial charge is 0.508 e. The number of aromatic hydroxyl groups is 1. The van der Waals surface area contributed by atoms with Gasteiger partial charge in [0.15, 0.2) is 0 Å². The third-order valence-corrected chi connectivity index (χ3v) is 3.41. The summed E-state index contributed by atoms with van der Waals surface area (Å²) in [5.74, 6) is 0.826. The maximum Gasteiger partial charge on any atom is 0.224 e. The zero-order valence-corrected chi connectivity index (χ0v) is 12.4. The molecule has 0 saturated carbocycles. The average Bonchev–Trinajstić information content (AvgIpc) is 3.09. The van der Waals surface area contributed by atoms with Gasteiger partial charge in [0.25, 0.3) is 0 Å². The van der Waals surface area contributed by atoms with Crippen molar-refractivity contribution in [3.63, 3.8) is 0 Å². The number of carbonyl (C=O) groups is 1. The summed E-state index contributed by atoms with van der Waals surface area (Å²) < 4.78 is 1.78. The second kappa shape index (κ2) is 6.74. The van der Waals surface area contributed by atoms with Crippen LogP contribution in [0.1, 0.15) is 12.0 Å². The van der Waals surface area contributed by atoms with Gasteiger partial charge in [-0.15, -0.1) is 0 Å². The number of pyridine rings is 1. The summed E-state index contributed by atoms with van der Waals surface area (Å²) in [6.45, 7) is 0. The molecule has 2 aromatic heterocycles. The molecule has 0 aliphatic carbocycles. The van der Waals surface area contributed by atoms with E-state index < -0.39 is 0 Å². The molecular weight excluding hydrogens is 292 g/mol. The van der Waals surface area contributed by atoms with E-state index in [1.807, 2.05) is 12.1 Å². The van der Waals surface area contributed by atoms with Crippen LogP contribution in [0.2, 0.25) is 0 Å². The van der Waals surface area contributed by atoms with E-state index in [-0.39, 0.29) is 11.7 Å². The number of hydrogen-bond donors (Lipinski definition) is 2. The molecule has 0 bridgehead atoms. The van der Waals surface area contributed by atoms with Crippen LogP contribution in [0.3, 0.4) is 0 Å². The molecule has 0 saturated heterocycles. The van der Waals surface area contributed by atoms with Gasteiger partial charge in [-0.25, -0.2) is 9.97 Å². The Bertz CT molecular complexity index is 783. The number of phenols is 1. The predicted molar refractivity (Wildman–Crippen MR) is 86.4 cm³/mol. The second-order valence-corrected chi connectivity index (χ2v) is 5.05. The lowest BCUT2D eigenvalue weighted by molar-refractivity contribution is -0.116. The Morgan fingerprint density at radius 3 is 2.78 bits per heavy atom. The molecule has 2 N–H and O–H groups in total. The smallest absolute Gasteiger partial charge is 0.224 e. The number of nitrogens with one attached hydrogen (secondary N) is 1. The van der Waals surface area contributed by atoms with Gasteiger partial charge in [-0.2, -0.15) is 0 Å². The van der Waals surface area contributed by atoms with Crippen LogP contribution in [0, 0.1) is 0 Å². The van der Waals surface area contributed by atoms with Crippen molar-refractivity contribution in [3.8, 4) is 11.6 Å². The summed E-state index contributed by atoms with van der Waals surface area (Å²) in [6, 6.07) is 10.6. The number of anilines is 1. The highest BCUT2D eigenvalue weighted by Crippen LogP contribution is 2.17. The van der Waals surface area contributed by atoms with E-state index in [4.69, 9.17) is 0 Å². The van der Waals surface area contributed by atoms with E-state index in [9.17, 15) is 9.90 Å². The maximum atomic E-state index is 12.0. The number of rotatable bonds is 5. The summed E-state index contributed by atoms with van der Waals surface area (Å²) in [5, 5.41) is 12.5. The van der Waals surface area contributed by atoms with E-state index in [0.717, 1.165) is 11.4 Å². The van der Waals surface area contributed by atoms with Crippen LogP contribution in [0.5, 0.6) is 5.75 Å². The molecule has 3 aromatic rings. The number of imidazole rings is 1. The van der Waals surface area contributed by atoms with E-state index in [0.29, 0.717) is 18.5 Å². The molecule has 0 radical (unpaired) electrons. The van der Waals surface area contributed by atoms with E-state index in [1.54, 1.807) is 53.8 Å². The van der Waals surface area contributed by atoms with Gasteiger partial charge in [0.05, 0.1) is 11.9 Å². The monoisotopic (exact) mass is 308 g/mol. The topological polar surface area (TPSA) is 80.0 Å². The number of aromatic nitrogens is 3. The molecule has 1 aromatic carbocycles. The van der Waals surface area contributed by atoms with Crippen LogP contribution in [0.4, 0.5) is 5.69 Å². The first kappa shape index (κ1) is 14.8. The first-order valence-electron chi connectivity index (χ1n) is 7.23. The van der Waals surface area contributed by atoms with E-state index in [2.05, 4.69) is 15.3 Å². The first-order valence-corrected chi connectivity index (χ1v) is 7.23. The average molecular weight is 308 g/mol. The highest BCUT2D eigenvalue weighted by atomic mass is 16.3. The van der Waals surface area contributed by atoms with Gasteiger partial charge in [-0.3, -0.25) is 9.36 Å². The summed E-state index contributed by atoms with van der Waals surface area (Å²) in [4.78, 5) is 20.2. The number of nitrogens with zero attached hydrogens (tertiary/aromatic N) is 3. The fourth-order valence-corrected chi connectivity index (χ4v) is 2.20. The predicted octanol–water partition coefficient (Wildman–Crippen LogP) is 2.54. The Balaban J connectivity index is 1.57. The highest BCUT2D eigenvalue weighted by molar-refractivity contribution is 5.90. The minimum atomic E-state index is -0.120. The Morgan fingerprint density at radius 1 is 1.22 bits per heavy atom. The number of carbonyl (C=O) groups excluding carboxylic acids is 1. The van der Waals surface area contributed by atoms with Crippen LogP contribution < -0.4 is 5.32 Å². The summed E-state index contributed by atoms with van der Waals surface area (Å²) in [5.41, 5.74) is 1.40. The molecule has 0 aliphatic rings. The third kappa shape index (κ3) is 3.74. The van der Waals surface area contributed by atoms with Gasteiger partial charge < -0.3 is 10.4 Å². The van der Waals surface area contributed by atoms with Crippen LogP contribution >= 0.6 is 0 Å². The minimum Gasteiger partial charge on any atom is -0.508 e. The van der Waals surface area contributed by atoms with E-state index in [1.165, 1.54) is 0 Å². The molecule has 0 unspecified atom stereocenters. The van der Waals surface area contributed by atoms with Crippen molar-refractivity contribution >= 4 is 11.6 Å². The Kier molecular flexibility index (Phi) is 4.33. The first-order chi connectivity index (χ1) is 11.2. The Morgan fingerprint density at radius 2 is 2.09 bits per heavy atom. The van der Waals surface area contributed by atoms with Crippen LogP contribution in [0.15, 0.2) is 61.3 Å². The van der Waals surface area contributed by atoms with Gasteiger partial charge in [0.2, 0.25) is 5.91 Å². The van der Waals surface area contributed by atoms with Crippen LogP contribution in [-0.4, -0.2) is 25.5 Å². The quantitative estimate of drug-likeness (QED) is 0.759. The van der Waals surface area contributed by atoms with Crippen molar-refractivity contribution in [2.24, 2.45) is 0 Å². The molecule has 6 heteroatoms. The standard InChI is InChI=1S/C17H16N4O2/c22-15-4-2-1-3-13(15)5-8-17(23)20-14-6-7-16(19-11-14)21-10-9-18-12-21/h1-4,6-7,9-12,22H,5,8H2,(H,20,23). The van der Waals surface area contributed by atoms with Crippen molar-refractivity contribution in [1.29, 1.82) is 0 Å². The maximum absolute atomic E-state index is 12.0. The van der Waals surface area contributed by atoms with Gasteiger partial charge in [-0.1, -0.05) is 18.2 Å². The number of phenolic OH excluding ortho intramolecular Hbond substituents is 1. The number of para-hydroxylation sites is 1. The molecule has 0 atom stereocenters. The molecule has 116 valence electrons. The molecule has 0 fully saturated rings. The minimum absolute atomic E-state index is 0.120. The molecule has 6 nitrogen and oxygen atoms in total. The number of benzene rings is 1. The van der Waals surface area contributed by atoms with Gasteiger partial charge in [0, 0.05) is 18.8 Å². The van der Waals surface area contributed by atoms with E-state index >= 15 is 0 Å². The summed E-state index contributed by atoms with van der Waals surface area (Å²) >= 11 is 0. The Hall–Kier alpha value is -3.15. The zero-order valence-electron chi connectivity index (χ0n) is 12.4. The Labute approximate surface area is 133 Å². The second-order valence-electron chi connectivity index (χ2n) is 5.05. The van der Waals surface area contributed by atoms with Crippen molar-refractivity contribution in [2.45, 2.75) is 12.8 Å². The lowest BCUT2D eigenvalue weighted by atomic mass is 10.1. The lowest BCUT2D eigenvalue weighted by Crippen LogP contribution is -2.12. The molecule has 3 rings (SSSR count). The molecule has 1 amide bonds. The number of aryl methyl sites for hydroxylation is 1. The SMILES string of the molecule is O=C(CCc1ccccc1O)Nc1ccc(-n2ccnc2)nc1.